The summed E-state index contributed by atoms with van der Waals surface area (Å²) in [6.07, 6.45) is 0.276. The molecule has 3 aromatic rings. The molecule has 0 spiro atoms. The molecule has 0 saturated carbocycles. The molecule has 1 N–H and O–H groups in total. The summed E-state index contributed by atoms with van der Waals surface area (Å²) >= 11 is 0. The maximum Gasteiger partial charge on any atom is 0.224 e. The quantitative estimate of drug-likeness (QED) is 0.704. The van der Waals surface area contributed by atoms with Gasteiger partial charge in [0.1, 0.15) is 24.7 Å². The molecule has 142 valence electrons. The number of rotatable bonds is 6. The summed E-state index contributed by atoms with van der Waals surface area (Å²) in [5.74, 6) is 2.85. The second kappa shape index (κ2) is 8.48. The standard InChI is InChI=1S/C23H21NO4/c25-23(15-17-10-11-21-22(14-17)27-13-12-26-21)24-16-18-6-4-5-9-20(18)28-19-7-2-1-3-8-19/h1-11,14H,12-13,15-16H2,(H,24,25). The van der Waals surface area contributed by atoms with E-state index in [2.05, 4.69) is 5.32 Å². The first-order chi connectivity index (χ1) is 13.8. The molecule has 0 unspecified atom stereocenters. The number of hydrogen-bond donors (Lipinski definition) is 1. The zero-order valence-corrected chi connectivity index (χ0v) is 15.4. The van der Waals surface area contributed by atoms with Crippen LogP contribution in [-0.2, 0) is 17.8 Å². The van der Waals surface area contributed by atoms with Crippen LogP contribution in [0.3, 0.4) is 0 Å². The van der Waals surface area contributed by atoms with Gasteiger partial charge in [-0.05, 0) is 35.9 Å². The Morgan fingerprint density at radius 3 is 2.50 bits per heavy atom. The van der Waals surface area contributed by atoms with Gasteiger partial charge in [-0.15, -0.1) is 0 Å². The molecule has 1 heterocycles. The predicted octanol–water partition coefficient (Wildman–Crippen LogP) is 4.11. The molecular weight excluding hydrogens is 354 g/mol. The molecule has 0 aromatic heterocycles. The van der Waals surface area contributed by atoms with Crippen LogP contribution in [0.15, 0.2) is 72.8 Å². The molecule has 5 nitrogen and oxygen atoms in total. The highest BCUT2D eigenvalue weighted by molar-refractivity contribution is 5.78. The van der Waals surface area contributed by atoms with Crippen LogP contribution in [-0.4, -0.2) is 19.1 Å². The molecule has 1 aliphatic rings. The van der Waals surface area contributed by atoms with Gasteiger partial charge in [-0.3, -0.25) is 4.79 Å². The summed E-state index contributed by atoms with van der Waals surface area (Å²) in [6, 6.07) is 22.9. The summed E-state index contributed by atoms with van der Waals surface area (Å²) in [6.45, 7) is 1.48. The van der Waals surface area contributed by atoms with E-state index in [1.165, 1.54) is 0 Å². The molecule has 3 aromatic carbocycles. The highest BCUT2D eigenvalue weighted by atomic mass is 16.6. The molecule has 0 radical (unpaired) electrons. The molecule has 0 bridgehead atoms. The number of carbonyl (C=O) groups is 1. The molecular formula is C23H21NO4. The van der Waals surface area contributed by atoms with Crippen molar-refractivity contribution in [3.63, 3.8) is 0 Å². The van der Waals surface area contributed by atoms with Gasteiger partial charge < -0.3 is 19.5 Å². The van der Waals surface area contributed by atoms with E-state index < -0.39 is 0 Å². The Kier molecular flexibility index (Phi) is 5.43. The summed E-state index contributed by atoms with van der Waals surface area (Å²) in [4.78, 5) is 12.4. The largest absolute Gasteiger partial charge is 0.486 e. The van der Waals surface area contributed by atoms with E-state index in [1.54, 1.807) is 0 Å². The van der Waals surface area contributed by atoms with Gasteiger partial charge in [0.2, 0.25) is 5.91 Å². The zero-order valence-electron chi connectivity index (χ0n) is 15.4. The highest BCUT2D eigenvalue weighted by Gasteiger charge is 2.13. The van der Waals surface area contributed by atoms with Gasteiger partial charge in [-0.2, -0.15) is 0 Å². The van der Waals surface area contributed by atoms with E-state index in [-0.39, 0.29) is 12.3 Å². The fraction of sp³-hybridized carbons (Fsp3) is 0.174. The number of benzene rings is 3. The fourth-order valence-electron chi connectivity index (χ4n) is 3.00. The lowest BCUT2D eigenvalue weighted by Crippen LogP contribution is -2.25. The number of hydrogen-bond acceptors (Lipinski definition) is 4. The van der Waals surface area contributed by atoms with E-state index >= 15 is 0 Å². The Morgan fingerprint density at radius 1 is 0.893 bits per heavy atom. The topological polar surface area (TPSA) is 56.8 Å². The van der Waals surface area contributed by atoms with Crippen LogP contribution in [0.25, 0.3) is 0 Å². The van der Waals surface area contributed by atoms with Crippen LogP contribution in [0.4, 0.5) is 0 Å². The number of carbonyl (C=O) groups excluding carboxylic acids is 1. The van der Waals surface area contributed by atoms with Crippen molar-refractivity contribution >= 4 is 5.91 Å². The monoisotopic (exact) mass is 375 g/mol. The minimum atomic E-state index is -0.0637. The lowest BCUT2D eigenvalue weighted by atomic mass is 10.1. The van der Waals surface area contributed by atoms with E-state index in [0.29, 0.717) is 25.5 Å². The molecule has 0 fully saturated rings. The molecule has 1 amide bonds. The van der Waals surface area contributed by atoms with Crippen LogP contribution >= 0.6 is 0 Å². The summed E-state index contributed by atoms with van der Waals surface area (Å²) < 4.78 is 17.0. The SMILES string of the molecule is O=C(Cc1ccc2c(c1)OCCO2)NCc1ccccc1Oc1ccccc1. The highest BCUT2D eigenvalue weighted by Crippen LogP contribution is 2.31. The van der Waals surface area contributed by atoms with E-state index in [9.17, 15) is 4.79 Å². The van der Waals surface area contributed by atoms with Gasteiger partial charge >= 0.3 is 0 Å². The van der Waals surface area contributed by atoms with Crippen molar-refractivity contribution in [1.29, 1.82) is 0 Å². The lowest BCUT2D eigenvalue weighted by Gasteiger charge is -2.18. The van der Waals surface area contributed by atoms with Crippen molar-refractivity contribution in [3.8, 4) is 23.0 Å². The molecule has 0 aliphatic carbocycles. The Labute approximate surface area is 163 Å². The molecule has 5 heteroatoms. The van der Waals surface area contributed by atoms with Crippen LogP contribution in [0, 0.1) is 0 Å². The van der Waals surface area contributed by atoms with Crippen molar-refractivity contribution in [2.75, 3.05) is 13.2 Å². The first-order valence-corrected chi connectivity index (χ1v) is 9.24. The Balaban J connectivity index is 1.37. The van der Waals surface area contributed by atoms with Crippen molar-refractivity contribution in [2.24, 2.45) is 0 Å². The number of fused-ring (bicyclic) bond motifs is 1. The van der Waals surface area contributed by atoms with Gasteiger partial charge in [0.05, 0.1) is 6.42 Å². The first-order valence-electron chi connectivity index (χ1n) is 9.24. The number of nitrogens with one attached hydrogen (secondary N) is 1. The van der Waals surface area contributed by atoms with Gasteiger partial charge in [0.25, 0.3) is 0 Å². The summed E-state index contributed by atoms with van der Waals surface area (Å²) in [5, 5.41) is 2.96. The average molecular weight is 375 g/mol. The third-order valence-electron chi connectivity index (χ3n) is 4.39. The maximum atomic E-state index is 12.4. The summed E-state index contributed by atoms with van der Waals surface area (Å²) in [7, 11) is 0. The average Bonchev–Trinajstić information content (AvgIpc) is 2.74. The minimum absolute atomic E-state index is 0.0637. The number of amides is 1. The Hall–Kier alpha value is -3.47. The number of ether oxygens (including phenoxy) is 3. The molecule has 0 saturated heterocycles. The van der Waals surface area contributed by atoms with Crippen LogP contribution < -0.4 is 19.5 Å². The third kappa shape index (κ3) is 4.43. The third-order valence-corrected chi connectivity index (χ3v) is 4.39. The normalized spacial score (nSPS) is 12.3. The molecule has 28 heavy (non-hydrogen) atoms. The van der Waals surface area contributed by atoms with Crippen molar-refractivity contribution < 1.29 is 19.0 Å². The molecule has 0 atom stereocenters. The van der Waals surface area contributed by atoms with Crippen molar-refractivity contribution in [1.82, 2.24) is 5.32 Å². The van der Waals surface area contributed by atoms with E-state index in [4.69, 9.17) is 14.2 Å². The van der Waals surface area contributed by atoms with Crippen molar-refractivity contribution in [2.45, 2.75) is 13.0 Å². The Bertz CT molecular complexity index is 956. The van der Waals surface area contributed by atoms with Gasteiger partial charge in [-0.1, -0.05) is 42.5 Å². The first kappa shape index (κ1) is 17.9. The minimum Gasteiger partial charge on any atom is -0.486 e. The van der Waals surface area contributed by atoms with Crippen molar-refractivity contribution in [3.05, 3.63) is 83.9 Å². The summed E-state index contributed by atoms with van der Waals surface area (Å²) in [5.41, 5.74) is 1.80. The fourth-order valence-corrected chi connectivity index (χ4v) is 3.00. The zero-order chi connectivity index (χ0) is 19.2. The van der Waals surface area contributed by atoms with Crippen LogP contribution in [0.5, 0.6) is 23.0 Å². The van der Waals surface area contributed by atoms with E-state index in [0.717, 1.165) is 28.4 Å². The molecule has 1 aliphatic heterocycles. The van der Waals surface area contributed by atoms with Gasteiger partial charge in [0, 0.05) is 12.1 Å². The van der Waals surface area contributed by atoms with E-state index in [1.807, 2.05) is 72.8 Å². The smallest absolute Gasteiger partial charge is 0.224 e. The second-order valence-electron chi connectivity index (χ2n) is 6.45. The molecule has 4 rings (SSSR count). The maximum absolute atomic E-state index is 12.4. The van der Waals surface area contributed by atoms with Crippen LogP contribution in [0.2, 0.25) is 0 Å². The lowest BCUT2D eigenvalue weighted by molar-refractivity contribution is -0.120. The predicted molar refractivity (Wildman–Crippen MR) is 106 cm³/mol. The second-order valence-corrected chi connectivity index (χ2v) is 6.45. The number of para-hydroxylation sites is 2. The Morgan fingerprint density at radius 2 is 1.64 bits per heavy atom. The van der Waals surface area contributed by atoms with Gasteiger partial charge in [0.15, 0.2) is 11.5 Å². The van der Waals surface area contributed by atoms with Crippen LogP contribution in [0.1, 0.15) is 11.1 Å². The van der Waals surface area contributed by atoms with Gasteiger partial charge in [-0.25, -0.2) is 0 Å².